The zero-order valence-corrected chi connectivity index (χ0v) is 23.6. The monoisotopic (exact) mass is 563 g/mol. The van der Waals surface area contributed by atoms with Crippen molar-refractivity contribution in [1.82, 2.24) is 19.5 Å². The van der Waals surface area contributed by atoms with Gasteiger partial charge in [0.25, 0.3) is 0 Å². The number of aliphatic hydroxyl groups excluding tert-OH is 1. The summed E-state index contributed by atoms with van der Waals surface area (Å²) < 4.78 is 37.9. The Morgan fingerprint density at radius 3 is 2.68 bits per heavy atom. The molecule has 1 unspecified atom stereocenters. The predicted octanol–water partition coefficient (Wildman–Crippen LogP) is 4.95. The Kier molecular flexibility index (Phi) is 8.89. The second-order valence-corrected chi connectivity index (χ2v) is 12.6. The molecule has 0 radical (unpaired) electrons. The number of rotatable bonds is 11. The molecule has 11 nitrogen and oxygen atoms in total. The Balaban J connectivity index is 1.41. The molecule has 0 saturated heterocycles. The fraction of sp³-hybridized carbons (Fsp3) is 0.440. The molecule has 1 aliphatic carbocycles. The van der Waals surface area contributed by atoms with Crippen molar-refractivity contribution in [1.29, 1.82) is 0 Å². The molecule has 206 valence electrons. The van der Waals surface area contributed by atoms with E-state index in [4.69, 9.17) is 24.0 Å². The number of nitrogen functional groups attached to an aromatic ring is 1. The van der Waals surface area contributed by atoms with Gasteiger partial charge in [0.2, 0.25) is 11.8 Å². The molecule has 0 amide bonds. The molecule has 4 rings (SSSR count). The van der Waals surface area contributed by atoms with Crippen LogP contribution in [0.4, 0.5) is 5.95 Å². The molecule has 0 bridgehead atoms. The molecule has 0 spiro atoms. The van der Waals surface area contributed by atoms with Gasteiger partial charge in [-0.1, -0.05) is 51.1 Å². The summed E-state index contributed by atoms with van der Waals surface area (Å²) in [5.41, 5.74) is 6.61. The molecule has 0 fully saturated rings. The topological polar surface area (TPSA) is 144 Å². The predicted molar refractivity (Wildman–Crippen MR) is 150 cm³/mol. The summed E-state index contributed by atoms with van der Waals surface area (Å²) in [6, 6.07) is 8.71. The molecule has 13 heteroatoms. The third-order valence-corrected chi connectivity index (χ3v) is 8.56. The quantitative estimate of drug-likeness (QED) is 0.0963. The number of benzene rings is 1. The summed E-state index contributed by atoms with van der Waals surface area (Å²) in [6.07, 6.45) is 6.36. The van der Waals surface area contributed by atoms with Crippen LogP contribution in [0.5, 0.6) is 11.6 Å². The van der Waals surface area contributed by atoms with E-state index in [1.807, 2.05) is 43.6 Å². The number of hydrogen-bond donors (Lipinski definition) is 3. The number of para-hydroxylation sites is 1. The summed E-state index contributed by atoms with van der Waals surface area (Å²) in [7, 11) is -2.43. The molecule has 3 aromatic rings. The van der Waals surface area contributed by atoms with Crippen LogP contribution in [0.25, 0.3) is 11.2 Å². The Bertz CT molecular complexity index is 1360. The minimum absolute atomic E-state index is 0.0498. The number of nitrogens with two attached hydrogens (primary N) is 1. The van der Waals surface area contributed by atoms with Crippen molar-refractivity contribution >= 4 is 41.3 Å². The van der Waals surface area contributed by atoms with Crippen molar-refractivity contribution in [2.24, 2.45) is 11.3 Å². The van der Waals surface area contributed by atoms with Crippen LogP contribution < -0.4 is 15.0 Å². The minimum atomic E-state index is -3.93. The maximum Gasteiger partial charge on any atom is 0.530 e. The third kappa shape index (κ3) is 7.00. The van der Waals surface area contributed by atoms with Crippen molar-refractivity contribution in [3.63, 3.8) is 0 Å². The highest BCUT2D eigenvalue weighted by Crippen LogP contribution is 2.50. The lowest BCUT2D eigenvalue weighted by atomic mass is 9.99. The number of imidazole rings is 1. The zero-order chi connectivity index (χ0) is 27.3. The van der Waals surface area contributed by atoms with E-state index in [2.05, 4.69) is 15.0 Å². The van der Waals surface area contributed by atoms with Gasteiger partial charge < -0.3 is 24.7 Å². The average Bonchev–Trinajstić information content (AvgIpc) is 3.52. The van der Waals surface area contributed by atoms with Gasteiger partial charge in [-0.3, -0.25) is 9.05 Å². The number of phosphoric acid groups is 1. The second kappa shape index (κ2) is 12.0. The Morgan fingerprint density at radius 2 is 1.97 bits per heavy atom. The van der Waals surface area contributed by atoms with Crippen LogP contribution >= 0.6 is 19.2 Å². The third-order valence-electron chi connectivity index (χ3n) is 5.79. The van der Waals surface area contributed by atoms with Crippen LogP contribution in [-0.2, 0) is 13.6 Å². The number of allylic oxidation sites excluding steroid dienone is 1. The van der Waals surface area contributed by atoms with Gasteiger partial charge in [-0.2, -0.15) is 21.3 Å². The van der Waals surface area contributed by atoms with E-state index in [0.717, 1.165) is 0 Å². The first-order valence-electron chi connectivity index (χ1n) is 12.2. The number of hydrogen-bond acceptors (Lipinski definition) is 9. The summed E-state index contributed by atoms with van der Waals surface area (Å²) in [6.45, 7) is 6.00. The molecule has 3 N–H and O–H groups in total. The highest BCUT2D eigenvalue weighted by Gasteiger charge is 2.32. The van der Waals surface area contributed by atoms with E-state index in [-0.39, 0.29) is 36.5 Å². The van der Waals surface area contributed by atoms with Crippen LogP contribution in [0.1, 0.15) is 33.2 Å². The van der Waals surface area contributed by atoms with Crippen LogP contribution in [0.15, 0.2) is 48.8 Å². The maximum atomic E-state index is 13.6. The molecule has 2 aromatic heterocycles. The van der Waals surface area contributed by atoms with E-state index in [1.54, 1.807) is 30.6 Å². The van der Waals surface area contributed by atoms with Crippen molar-refractivity contribution in [3.05, 3.63) is 48.8 Å². The van der Waals surface area contributed by atoms with E-state index in [9.17, 15) is 9.67 Å². The van der Waals surface area contributed by atoms with Crippen molar-refractivity contribution in [2.45, 2.75) is 33.2 Å². The zero-order valence-electron chi connectivity index (χ0n) is 21.9. The first-order chi connectivity index (χ1) is 18.1. The highest BCUT2D eigenvalue weighted by molar-refractivity contribution is 7.98. The van der Waals surface area contributed by atoms with E-state index in [1.165, 1.54) is 7.11 Å². The lowest BCUT2D eigenvalue weighted by Gasteiger charge is -2.21. The number of methoxy groups -OCH3 is 1. The van der Waals surface area contributed by atoms with Crippen molar-refractivity contribution < 1.29 is 28.0 Å². The molecule has 1 aliphatic rings. The number of ether oxygens (including phenoxy) is 1. The maximum absolute atomic E-state index is 13.6. The van der Waals surface area contributed by atoms with Gasteiger partial charge in [-0.05, 0) is 18.6 Å². The lowest BCUT2D eigenvalue weighted by molar-refractivity contribution is 0.148. The van der Waals surface area contributed by atoms with Crippen LogP contribution in [0.2, 0.25) is 0 Å². The fourth-order valence-electron chi connectivity index (χ4n) is 3.80. The lowest BCUT2D eigenvalue weighted by Crippen LogP contribution is -2.18. The molecule has 2 heterocycles. The second-order valence-electron chi connectivity index (χ2n) is 9.80. The van der Waals surface area contributed by atoms with Crippen LogP contribution in [-0.4, -0.2) is 55.8 Å². The van der Waals surface area contributed by atoms with Gasteiger partial charge >= 0.3 is 7.82 Å². The number of anilines is 1. The van der Waals surface area contributed by atoms with E-state index >= 15 is 0 Å². The van der Waals surface area contributed by atoms with Gasteiger partial charge in [-0.25, -0.2) is 9.55 Å². The number of aliphatic hydroxyl groups is 1. The minimum Gasteiger partial charge on any atom is -0.479 e. The summed E-state index contributed by atoms with van der Waals surface area (Å²) in [5.74, 6) is 1.20. The summed E-state index contributed by atoms with van der Waals surface area (Å²) in [4.78, 5) is 12.8. The number of nitrogens with zero attached hydrogens (tertiary/aromatic N) is 4. The number of thiol groups is 1. The van der Waals surface area contributed by atoms with Gasteiger partial charge in [0, 0.05) is 17.1 Å². The largest absolute Gasteiger partial charge is 0.530 e. The first kappa shape index (κ1) is 28.3. The number of fused-ring (bicyclic) bond motifs is 1. The standard InChI is InChI=1S/C25H34N5O6PS/c1-25(2,3)23(31)38-13-12-34-37(32,36-19-8-6-5-7-9-19)35-15-17-10-11-18(14-17)30-16-27-20-21(30)28-24(26)29-22(20)33-4/h5-11,16-18,31,38H,12-15H2,1-4H3,(H2,26,28,29)/t17-,18+,37?/m1/s1. The van der Waals surface area contributed by atoms with E-state index in [0.29, 0.717) is 51.4 Å². The smallest absolute Gasteiger partial charge is 0.479 e. The summed E-state index contributed by atoms with van der Waals surface area (Å²) >= 11 is 0.701. The van der Waals surface area contributed by atoms with Gasteiger partial charge in [0.1, 0.15) is 5.75 Å². The Hall–Kier alpha value is -2.76. The molecule has 0 saturated carbocycles. The molecule has 0 aliphatic heterocycles. The average molecular weight is 564 g/mol. The van der Waals surface area contributed by atoms with Crippen molar-refractivity contribution in [2.75, 3.05) is 31.8 Å². The molecule has 38 heavy (non-hydrogen) atoms. The highest BCUT2D eigenvalue weighted by atomic mass is 32.1. The summed E-state index contributed by atoms with van der Waals surface area (Å²) in [5, 5.41) is 10.5. The Labute approximate surface area is 225 Å². The van der Waals surface area contributed by atoms with Crippen LogP contribution in [0.3, 0.4) is 0 Å². The van der Waals surface area contributed by atoms with E-state index < -0.39 is 7.82 Å². The van der Waals surface area contributed by atoms with Crippen LogP contribution in [0, 0.1) is 11.3 Å². The molecule has 1 aromatic carbocycles. The van der Waals surface area contributed by atoms with Gasteiger partial charge in [-0.15, -0.1) is 0 Å². The molecule has 3 atom stereocenters. The van der Waals surface area contributed by atoms with Gasteiger partial charge in [0.15, 0.2) is 11.2 Å². The first-order valence-corrected chi connectivity index (χ1v) is 14.7. The fourth-order valence-corrected chi connectivity index (χ4v) is 6.06. The SMILES string of the molecule is COc1nc(N)nc2c1ncn2[C@H]1C=C[C@@H](COP(=O)(OCC[SH]=C(O)C(C)(C)C)Oc2ccccc2)C1. The van der Waals surface area contributed by atoms with Gasteiger partial charge in [0.05, 0.1) is 37.7 Å². The Morgan fingerprint density at radius 1 is 1.21 bits per heavy atom. The number of phosphoric ester groups is 1. The molecular weight excluding hydrogens is 529 g/mol. The molecular formula is C25H34N5O6PS. The number of aromatic nitrogens is 4. The normalized spacial score (nSPS) is 19.8. The van der Waals surface area contributed by atoms with Crippen molar-refractivity contribution in [3.8, 4) is 11.6 Å².